The Morgan fingerprint density at radius 1 is 1.33 bits per heavy atom. The van der Waals surface area contributed by atoms with Crippen LogP contribution in [0.5, 0.6) is 0 Å². The van der Waals surface area contributed by atoms with Gasteiger partial charge in [-0.15, -0.1) is 13.1 Å². The summed E-state index contributed by atoms with van der Waals surface area (Å²) >= 11 is 0. The molecule has 1 radical (unpaired) electrons. The van der Waals surface area contributed by atoms with Gasteiger partial charge in [0.25, 0.3) is 0 Å². The van der Waals surface area contributed by atoms with Gasteiger partial charge in [-0.2, -0.15) is 7.05 Å². The second-order valence-corrected chi connectivity index (χ2v) is 1.83. The molecule has 0 spiro atoms. The van der Waals surface area contributed by atoms with Crippen LogP contribution in [0.25, 0.3) is 5.32 Å². The molecular formula is C8H21N2VW-. The fourth-order valence-electron chi connectivity index (χ4n) is 0.637. The molecule has 0 aromatic rings. The van der Waals surface area contributed by atoms with Gasteiger partial charge in [-0.3, -0.25) is 6.54 Å². The zero-order valence-corrected chi connectivity index (χ0v) is 10.8. The number of hydrogen-bond acceptors (Lipinski definition) is 1. The van der Waals surface area contributed by atoms with Gasteiger partial charge in [0.15, 0.2) is 0 Å². The topological polar surface area (TPSA) is 26.1 Å². The van der Waals surface area contributed by atoms with Crippen LogP contribution >= 0.6 is 0 Å². The van der Waals surface area contributed by atoms with Crippen molar-refractivity contribution in [3.8, 4) is 0 Å². The fourth-order valence-corrected chi connectivity index (χ4v) is 0.637. The van der Waals surface area contributed by atoms with E-state index in [1.807, 2.05) is 7.05 Å². The van der Waals surface area contributed by atoms with Gasteiger partial charge in [0.1, 0.15) is 0 Å². The molecule has 2 nitrogen and oxygen atoms in total. The molecule has 0 aromatic heterocycles. The second-order valence-electron chi connectivity index (χ2n) is 1.83. The average molecular weight is 380 g/mol. The smallest absolute Gasteiger partial charge is 0.691 e. The summed E-state index contributed by atoms with van der Waals surface area (Å²) in [7, 11) is 1.85. The molecule has 4 heteroatoms. The molecule has 0 aliphatic carbocycles. The summed E-state index contributed by atoms with van der Waals surface area (Å²) in [5.41, 5.74) is 0. The third-order valence-corrected chi connectivity index (χ3v) is 1.13. The predicted octanol–water partition coefficient (Wildman–Crippen LogP) is 1.89. The SMILES string of the molecule is C.C.C[N-]C[C-]1CNC1.[CH3-].[V+2].[W]. The van der Waals surface area contributed by atoms with Gasteiger partial charge in [0.05, 0.1) is 0 Å². The largest absolute Gasteiger partial charge is 2.00 e. The molecule has 1 rings (SSSR count). The molecule has 0 amide bonds. The Labute approximate surface area is 105 Å². The molecule has 0 bridgehead atoms. The van der Waals surface area contributed by atoms with Gasteiger partial charge in [0, 0.05) is 21.1 Å². The molecule has 1 saturated heterocycles. The number of nitrogens with zero attached hydrogens (tertiary/aromatic N) is 1. The van der Waals surface area contributed by atoms with Gasteiger partial charge in [-0.05, 0) is 0 Å². The van der Waals surface area contributed by atoms with Crippen molar-refractivity contribution in [2.24, 2.45) is 0 Å². The van der Waals surface area contributed by atoms with Crippen molar-refractivity contribution >= 4 is 0 Å². The zero-order valence-electron chi connectivity index (χ0n) is 6.42. The molecule has 1 N–H and O–H groups in total. The molecule has 75 valence electrons. The standard InChI is InChI=1S/C5H10N2.2CH4.CH3.V.W/c1-6-2-5-3-7-4-5;;;;;/h7H,2-4H2,1H3;2*1H4;1H3;;/q-2;;;-1;+2;. The van der Waals surface area contributed by atoms with Crippen molar-refractivity contribution in [1.82, 2.24) is 5.32 Å². The maximum Gasteiger partial charge on any atom is 2.00 e. The van der Waals surface area contributed by atoms with Crippen LogP contribution in [0.1, 0.15) is 14.9 Å². The summed E-state index contributed by atoms with van der Waals surface area (Å²) < 4.78 is 0. The minimum absolute atomic E-state index is 0. The molecule has 0 aromatic carbocycles. The predicted molar refractivity (Wildman–Crippen MR) is 50.1 cm³/mol. The van der Waals surface area contributed by atoms with E-state index in [1.54, 1.807) is 0 Å². The van der Waals surface area contributed by atoms with E-state index in [2.05, 4.69) is 10.6 Å². The maximum atomic E-state index is 3.98. The second kappa shape index (κ2) is 18.1. The number of nitrogens with one attached hydrogen (secondary N) is 1. The molecule has 0 atom stereocenters. The van der Waals surface area contributed by atoms with Crippen molar-refractivity contribution in [2.75, 3.05) is 26.7 Å². The Hall–Kier alpha value is 1.19. The first kappa shape index (κ1) is 29.2. The summed E-state index contributed by atoms with van der Waals surface area (Å²) in [4.78, 5) is 0. The third kappa shape index (κ3) is 11.2. The minimum Gasteiger partial charge on any atom is -0.691 e. The van der Waals surface area contributed by atoms with Crippen LogP contribution < -0.4 is 5.32 Å². The van der Waals surface area contributed by atoms with E-state index < -0.39 is 0 Å². The molecule has 1 heterocycles. The van der Waals surface area contributed by atoms with Gasteiger partial charge in [0.2, 0.25) is 0 Å². The molecule has 0 unspecified atom stereocenters. The monoisotopic (exact) mass is 380 g/mol. The fraction of sp³-hybridized carbons (Fsp3) is 0.750. The minimum atomic E-state index is 0. The summed E-state index contributed by atoms with van der Waals surface area (Å²) in [6.45, 7) is 3.15. The Morgan fingerprint density at radius 2 is 1.75 bits per heavy atom. The first-order chi connectivity index (χ1) is 3.43. The normalized spacial score (nSPS) is 12.8. The average Bonchev–Trinajstić information content (AvgIpc) is 1.55. The summed E-state index contributed by atoms with van der Waals surface area (Å²) in [5, 5.41) is 7.13. The first-order valence-electron chi connectivity index (χ1n) is 2.53. The van der Waals surface area contributed by atoms with Crippen molar-refractivity contribution in [3.63, 3.8) is 0 Å². The van der Waals surface area contributed by atoms with E-state index in [1.165, 1.54) is 5.92 Å². The van der Waals surface area contributed by atoms with Crippen LogP contribution in [0.15, 0.2) is 0 Å². The molecule has 0 saturated carbocycles. The van der Waals surface area contributed by atoms with Crippen molar-refractivity contribution < 1.29 is 39.6 Å². The molecular weight excluding hydrogens is 359 g/mol. The van der Waals surface area contributed by atoms with Gasteiger partial charge in [-0.25, -0.2) is 0 Å². The first-order valence-corrected chi connectivity index (χ1v) is 2.53. The van der Waals surface area contributed by atoms with E-state index in [0.29, 0.717) is 0 Å². The van der Waals surface area contributed by atoms with E-state index in [-0.39, 0.29) is 61.9 Å². The van der Waals surface area contributed by atoms with E-state index in [0.717, 1.165) is 19.6 Å². The van der Waals surface area contributed by atoms with E-state index in [4.69, 9.17) is 0 Å². The summed E-state index contributed by atoms with van der Waals surface area (Å²) in [6, 6.07) is 0. The van der Waals surface area contributed by atoms with Crippen LogP contribution in [0.2, 0.25) is 0 Å². The molecule has 1 aliphatic rings. The molecule has 1 fully saturated rings. The Balaban J connectivity index is -0.0000000327. The van der Waals surface area contributed by atoms with Crippen LogP contribution in [-0.4, -0.2) is 26.7 Å². The quantitative estimate of drug-likeness (QED) is 0.728. The van der Waals surface area contributed by atoms with Crippen LogP contribution in [0, 0.1) is 13.3 Å². The van der Waals surface area contributed by atoms with E-state index >= 15 is 0 Å². The number of hydrogen-bond donors (Lipinski definition) is 1. The van der Waals surface area contributed by atoms with Crippen molar-refractivity contribution in [1.29, 1.82) is 0 Å². The van der Waals surface area contributed by atoms with E-state index in [9.17, 15) is 0 Å². The van der Waals surface area contributed by atoms with Gasteiger partial charge < -0.3 is 24.0 Å². The summed E-state index contributed by atoms with van der Waals surface area (Å²) in [6.07, 6.45) is 0. The van der Waals surface area contributed by atoms with Crippen molar-refractivity contribution in [3.05, 3.63) is 18.7 Å². The maximum absolute atomic E-state index is 3.98. The van der Waals surface area contributed by atoms with Crippen LogP contribution in [-0.2, 0) is 39.6 Å². The Morgan fingerprint density at radius 3 is 1.83 bits per heavy atom. The third-order valence-electron chi connectivity index (χ3n) is 1.13. The Kier molecular flexibility index (Phi) is 44.0. The van der Waals surface area contributed by atoms with Gasteiger partial charge in [-0.1, -0.05) is 14.9 Å². The summed E-state index contributed by atoms with van der Waals surface area (Å²) in [5.74, 6) is 1.53. The van der Waals surface area contributed by atoms with Crippen LogP contribution in [0.3, 0.4) is 0 Å². The van der Waals surface area contributed by atoms with Crippen LogP contribution in [0.4, 0.5) is 0 Å². The van der Waals surface area contributed by atoms with Gasteiger partial charge >= 0.3 is 18.6 Å². The Bertz CT molecular complexity index is 61.0. The molecule has 12 heavy (non-hydrogen) atoms. The van der Waals surface area contributed by atoms with Crippen molar-refractivity contribution in [2.45, 2.75) is 14.9 Å². The molecule has 1 aliphatic heterocycles. The number of rotatable bonds is 2. The zero-order chi connectivity index (χ0) is 5.11.